The molecular weight excluding hydrogens is 346 g/mol. The van der Waals surface area contributed by atoms with Gasteiger partial charge < -0.3 is 20.2 Å². The zero-order chi connectivity index (χ0) is 19.5. The Morgan fingerprint density at radius 1 is 1.11 bits per heavy atom. The van der Waals surface area contributed by atoms with Crippen LogP contribution in [-0.2, 0) is 9.63 Å². The first-order valence-corrected chi connectivity index (χ1v) is 8.27. The Morgan fingerprint density at radius 3 is 2.48 bits per heavy atom. The van der Waals surface area contributed by atoms with Crippen molar-refractivity contribution in [3.63, 3.8) is 0 Å². The number of hydrogen-bond acceptors (Lipinski definition) is 5. The summed E-state index contributed by atoms with van der Waals surface area (Å²) < 4.78 is 5.08. The van der Waals surface area contributed by atoms with Crippen molar-refractivity contribution in [2.75, 3.05) is 18.5 Å². The molecule has 0 atom stereocenters. The maximum absolute atomic E-state index is 11.9. The fourth-order valence-corrected chi connectivity index (χ4v) is 2.02. The van der Waals surface area contributed by atoms with Gasteiger partial charge in [-0.15, -0.1) is 0 Å². The number of esters is 1. The lowest BCUT2D eigenvalue weighted by atomic mass is 10.1. The first-order valence-electron chi connectivity index (χ1n) is 8.27. The van der Waals surface area contributed by atoms with Crippen LogP contribution in [0.2, 0.25) is 0 Å². The molecule has 0 saturated heterocycles. The maximum Gasteiger partial charge on any atom is 0.330 e. The summed E-state index contributed by atoms with van der Waals surface area (Å²) in [6.07, 6.45) is 1.61. The number of carbonyl (C=O) groups excluding carboxylic acids is 2. The molecular formula is C20H21N3O4. The van der Waals surface area contributed by atoms with E-state index in [0.29, 0.717) is 23.8 Å². The van der Waals surface area contributed by atoms with Gasteiger partial charge in [-0.2, -0.15) is 0 Å². The van der Waals surface area contributed by atoms with E-state index < -0.39 is 12.0 Å². The fourth-order valence-electron chi connectivity index (χ4n) is 2.02. The highest BCUT2D eigenvalue weighted by molar-refractivity contribution is 5.99. The van der Waals surface area contributed by atoms with Crippen LogP contribution in [0.4, 0.5) is 10.5 Å². The van der Waals surface area contributed by atoms with E-state index in [2.05, 4.69) is 22.4 Å². The number of anilines is 1. The molecule has 2 rings (SSSR count). The number of rotatable bonds is 8. The number of urea groups is 1. The van der Waals surface area contributed by atoms with E-state index in [1.165, 1.54) is 0 Å². The van der Waals surface area contributed by atoms with Crippen LogP contribution in [0.1, 0.15) is 12.5 Å². The summed E-state index contributed by atoms with van der Waals surface area (Å²) in [7, 11) is 0. The van der Waals surface area contributed by atoms with Crippen molar-refractivity contribution < 1.29 is 19.2 Å². The molecule has 0 fully saturated rings. The lowest BCUT2D eigenvalue weighted by Crippen LogP contribution is -2.35. The Hall–Kier alpha value is -3.61. The molecule has 2 aromatic carbocycles. The summed E-state index contributed by atoms with van der Waals surface area (Å²) in [4.78, 5) is 28.6. The van der Waals surface area contributed by atoms with E-state index in [0.717, 1.165) is 5.56 Å². The number of oxime groups is 1. The highest BCUT2D eigenvalue weighted by atomic mass is 16.6. The Labute approximate surface area is 157 Å². The standard InChI is InChI=1S/C20H21N3O4/c1-3-13-26-23-15(2)16-9-11-17(12-10-16)22-20(25)21-14-19(24)27-18-7-5-4-6-8-18/h3-12H,1,13-14H2,2H3,(H2,21,22,25)/b23-15-. The van der Waals surface area contributed by atoms with E-state index >= 15 is 0 Å². The fraction of sp³-hybridized carbons (Fsp3) is 0.150. The minimum absolute atomic E-state index is 0.245. The van der Waals surface area contributed by atoms with Gasteiger partial charge in [-0.05, 0) is 36.8 Å². The van der Waals surface area contributed by atoms with Crippen LogP contribution in [0.25, 0.3) is 0 Å². The van der Waals surface area contributed by atoms with Crippen molar-refractivity contribution in [1.82, 2.24) is 5.32 Å². The molecule has 0 unspecified atom stereocenters. The predicted molar refractivity (Wildman–Crippen MR) is 104 cm³/mol. The van der Waals surface area contributed by atoms with Gasteiger partial charge in [0.15, 0.2) is 0 Å². The molecule has 7 heteroatoms. The second kappa shape index (κ2) is 10.4. The molecule has 0 saturated carbocycles. The molecule has 0 spiro atoms. The van der Waals surface area contributed by atoms with Crippen molar-refractivity contribution in [3.8, 4) is 5.75 Å². The molecule has 2 aromatic rings. The quantitative estimate of drug-likeness (QED) is 0.187. The first-order chi connectivity index (χ1) is 13.1. The van der Waals surface area contributed by atoms with E-state index in [9.17, 15) is 9.59 Å². The Balaban J connectivity index is 1.79. The molecule has 2 N–H and O–H groups in total. The average Bonchev–Trinajstić information content (AvgIpc) is 2.68. The van der Waals surface area contributed by atoms with Gasteiger partial charge in [-0.1, -0.05) is 48.1 Å². The summed E-state index contributed by atoms with van der Waals surface area (Å²) in [6.45, 7) is 5.46. The predicted octanol–water partition coefficient (Wildman–Crippen LogP) is 3.34. The van der Waals surface area contributed by atoms with E-state index in [1.54, 1.807) is 54.6 Å². The van der Waals surface area contributed by atoms with Gasteiger partial charge in [0.25, 0.3) is 0 Å². The normalized spacial score (nSPS) is 10.6. The highest BCUT2D eigenvalue weighted by Gasteiger charge is 2.08. The summed E-state index contributed by atoms with van der Waals surface area (Å²) in [5.74, 6) is -0.132. The van der Waals surface area contributed by atoms with Crippen LogP contribution in [0.3, 0.4) is 0 Å². The van der Waals surface area contributed by atoms with E-state index in [1.807, 2.05) is 13.0 Å². The third-order valence-corrected chi connectivity index (χ3v) is 3.32. The average molecular weight is 367 g/mol. The van der Waals surface area contributed by atoms with Crippen molar-refractivity contribution in [2.45, 2.75) is 6.92 Å². The van der Waals surface area contributed by atoms with Crippen LogP contribution in [0, 0.1) is 0 Å². The van der Waals surface area contributed by atoms with Gasteiger partial charge in [0.2, 0.25) is 0 Å². The van der Waals surface area contributed by atoms with Crippen LogP contribution < -0.4 is 15.4 Å². The largest absolute Gasteiger partial charge is 0.425 e. The minimum atomic E-state index is -0.557. The third kappa shape index (κ3) is 7.03. The third-order valence-electron chi connectivity index (χ3n) is 3.32. The van der Waals surface area contributed by atoms with Gasteiger partial charge in [0, 0.05) is 5.69 Å². The summed E-state index contributed by atoms with van der Waals surface area (Å²) >= 11 is 0. The number of hydrogen-bond donors (Lipinski definition) is 2. The topological polar surface area (TPSA) is 89.0 Å². The second-order valence-electron chi connectivity index (χ2n) is 5.43. The molecule has 0 aromatic heterocycles. The second-order valence-corrected chi connectivity index (χ2v) is 5.43. The lowest BCUT2D eigenvalue weighted by molar-refractivity contribution is -0.133. The summed E-state index contributed by atoms with van der Waals surface area (Å²) in [6, 6.07) is 15.2. The zero-order valence-electron chi connectivity index (χ0n) is 15.0. The van der Waals surface area contributed by atoms with E-state index in [-0.39, 0.29) is 6.54 Å². The number of amides is 2. The molecule has 0 aliphatic heterocycles. The molecule has 27 heavy (non-hydrogen) atoms. The molecule has 0 radical (unpaired) electrons. The molecule has 2 amide bonds. The van der Waals surface area contributed by atoms with Gasteiger partial charge in [-0.25, -0.2) is 9.59 Å². The van der Waals surface area contributed by atoms with Gasteiger partial charge >= 0.3 is 12.0 Å². The molecule has 0 heterocycles. The number of nitrogens with one attached hydrogen (secondary N) is 2. The smallest absolute Gasteiger partial charge is 0.330 e. The van der Waals surface area contributed by atoms with Gasteiger partial charge in [0.1, 0.15) is 18.9 Å². The lowest BCUT2D eigenvalue weighted by Gasteiger charge is -2.08. The van der Waals surface area contributed by atoms with Crippen molar-refractivity contribution in [2.24, 2.45) is 5.16 Å². The van der Waals surface area contributed by atoms with Crippen molar-refractivity contribution in [3.05, 3.63) is 72.8 Å². The Morgan fingerprint density at radius 2 is 1.81 bits per heavy atom. The minimum Gasteiger partial charge on any atom is -0.425 e. The van der Waals surface area contributed by atoms with Crippen LogP contribution in [0.15, 0.2) is 72.4 Å². The van der Waals surface area contributed by atoms with Gasteiger partial charge in [0.05, 0.1) is 5.71 Å². The Bertz CT molecular complexity index is 802. The van der Waals surface area contributed by atoms with Gasteiger partial charge in [-0.3, -0.25) is 0 Å². The van der Waals surface area contributed by atoms with E-state index in [4.69, 9.17) is 9.57 Å². The Kier molecular flexibility index (Phi) is 7.59. The summed E-state index contributed by atoms with van der Waals surface area (Å²) in [5, 5.41) is 9.03. The maximum atomic E-state index is 11.9. The van der Waals surface area contributed by atoms with Crippen LogP contribution >= 0.6 is 0 Å². The first kappa shape index (κ1) is 19.7. The molecule has 0 aliphatic carbocycles. The highest BCUT2D eigenvalue weighted by Crippen LogP contribution is 2.11. The number of benzene rings is 2. The molecule has 7 nitrogen and oxygen atoms in total. The SMILES string of the molecule is C=CCO/N=C(/C)c1ccc(NC(=O)NCC(=O)Oc2ccccc2)cc1. The van der Waals surface area contributed by atoms with Crippen LogP contribution in [-0.4, -0.2) is 30.9 Å². The molecule has 0 bridgehead atoms. The molecule has 0 aliphatic rings. The number of para-hydroxylation sites is 1. The number of carbonyl (C=O) groups is 2. The van der Waals surface area contributed by atoms with Crippen LogP contribution in [0.5, 0.6) is 5.75 Å². The number of ether oxygens (including phenoxy) is 1. The number of nitrogens with zero attached hydrogens (tertiary/aromatic N) is 1. The monoisotopic (exact) mass is 367 g/mol. The zero-order valence-corrected chi connectivity index (χ0v) is 15.0. The van der Waals surface area contributed by atoms with Crippen molar-refractivity contribution in [1.29, 1.82) is 0 Å². The summed E-state index contributed by atoms with van der Waals surface area (Å²) in [5.41, 5.74) is 2.14. The molecule has 140 valence electrons. The van der Waals surface area contributed by atoms with Crippen molar-refractivity contribution >= 4 is 23.4 Å².